The molecule has 2 bridgehead atoms. The Morgan fingerprint density at radius 2 is 2.38 bits per heavy atom. The predicted molar refractivity (Wildman–Crippen MR) is 33.9 cm³/mol. The van der Waals surface area contributed by atoms with E-state index in [9.17, 15) is 0 Å². The molecule has 8 heavy (non-hydrogen) atoms. The van der Waals surface area contributed by atoms with Crippen molar-refractivity contribution in [3.63, 3.8) is 0 Å². The van der Waals surface area contributed by atoms with Gasteiger partial charge < -0.3 is 0 Å². The molecule has 0 spiro atoms. The zero-order chi connectivity index (χ0) is 5.56. The van der Waals surface area contributed by atoms with E-state index in [4.69, 9.17) is 11.6 Å². The molecule has 2 aliphatic rings. The van der Waals surface area contributed by atoms with Gasteiger partial charge in [0, 0.05) is 6.54 Å². The quantitative estimate of drug-likeness (QED) is 0.354. The molecule has 2 heterocycles. The third kappa shape index (κ3) is 0.579. The van der Waals surface area contributed by atoms with Crippen molar-refractivity contribution in [1.82, 2.24) is 4.90 Å². The molecule has 1 unspecified atom stereocenters. The molecule has 2 aliphatic heterocycles. The highest BCUT2D eigenvalue weighted by Crippen LogP contribution is 2.34. The Morgan fingerprint density at radius 3 is 2.62 bits per heavy atom. The number of rotatable bonds is 0. The van der Waals surface area contributed by atoms with Gasteiger partial charge in [-0.05, 0) is 25.3 Å². The van der Waals surface area contributed by atoms with E-state index in [0.717, 1.165) is 5.92 Å². The SMILES string of the molecule is Cl[C@@H]1C[C@H]2CCN1C2. The molecule has 0 radical (unpaired) electrons. The van der Waals surface area contributed by atoms with E-state index in [-0.39, 0.29) is 0 Å². The van der Waals surface area contributed by atoms with Gasteiger partial charge in [-0.2, -0.15) is 0 Å². The Kier molecular flexibility index (Phi) is 1.02. The van der Waals surface area contributed by atoms with Gasteiger partial charge in [0.15, 0.2) is 0 Å². The molecule has 0 amide bonds. The standard InChI is InChI=1S/C6H10ClN/c7-6-3-5-1-2-8(6)4-5/h5-6H,1-4H2/t5-,6+/m1/s1. The highest BCUT2D eigenvalue weighted by Gasteiger charge is 2.35. The molecule has 0 saturated carbocycles. The summed E-state index contributed by atoms with van der Waals surface area (Å²) in [4.78, 5) is 2.37. The van der Waals surface area contributed by atoms with Crippen molar-refractivity contribution in [2.75, 3.05) is 13.1 Å². The number of hydrogen-bond acceptors (Lipinski definition) is 1. The lowest BCUT2D eigenvalue weighted by molar-refractivity contribution is 0.334. The zero-order valence-electron chi connectivity index (χ0n) is 4.81. The third-order valence-corrected chi connectivity index (χ3v) is 2.70. The minimum absolute atomic E-state index is 0.383. The van der Waals surface area contributed by atoms with E-state index in [1.54, 1.807) is 0 Å². The number of alkyl halides is 1. The molecular weight excluding hydrogens is 122 g/mol. The van der Waals surface area contributed by atoms with Crippen molar-refractivity contribution in [2.24, 2.45) is 5.92 Å². The summed E-state index contributed by atoms with van der Waals surface area (Å²) in [5.74, 6) is 0.942. The molecule has 2 rings (SSSR count). The van der Waals surface area contributed by atoms with Gasteiger partial charge in [0.1, 0.15) is 0 Å². The fraction of sp³-hybridized carbons (Fsp3) is 1.00. The molecule has 2 heteroatoms. The van der Waals surface area contributed by atoms with E-state index in [1.165, 1.54) is 25.9 Å². The van der Waals surface area contributed by atoms with Gasteiger partial charge in [-0.25, -0.2) is 0 Å². The largest absolute Gasteiger partial charge is 0.287 e. The predicted octanol–water partition coefficient (Wildman–Crippen LogP) is 1.28. The Morgan fingerprint density at radius 1 is 1.50 bits per heavy atom. The molecule has 1 nitrogen and oxygen atoms in total. The Hall–Kier alpha value is 0.250. The van der Waals surface area contributed by atoms with Crippen molar-refractivity contribution in [3.8, 4) is 0 Å². The van der Waals surface area contributed by atoms with E-state index < -0.39 is 0 Å². The normalized spacial score (nSPS) is 52.9. The highest BCUT2D eigenvalue weighted by atomic mass is 35.5. The molecule has 2 saturated heterocycles. The molecule has 0 aliphatic carbocycles. The first kappa shape index (κ1) is 5.07. The first-order valence-electron chi connectivity index (χ1n) is 3.24. The van der Waals surface area contributed by atoms with Crippen LogP contribution >= 0.6 is 11.6 Å². The van der Waals surface area contributed by atoms with Gasteiger partial charge in [-0.15, -0.1) is 11.6 Å². The average molecular weight is 132 g/mol. The van der Waals surface area contributed by atoms with Crippen LogP contribution in [-0.4, -0.2) is 23.5 Å². The summed E-state index contributed by atoms with van der Waals surface area (Å²) in [6.45, 7) is 2.52. The summed E-state index contributed by atoms with van der Waals surface area (Å²) < 4.78 is 0. The van der Waals surface area contributed by atoms with Crippen LogP contribution in [-0.2, 0) is 0 Å². The van der Waals surface area contributed by atoms with Crippen LogP contribution in [0.15, 0.2) is 0 Å². The van der Waals surface area contributed by atoms with Gasteiger partial charge in [0.05, 0.1) is 5.50 Å². The van der Waals surface area contributed by atoms with Crippen LogP contribution in [0.25, 0.3) is 0 Å². The number of hydrogen-bond donors (Lipinski definition) is 0. The van der Waals surface area contributed by atoms with Crippen molar-refractivity contribution in [2.45, 2.75) is 18.3 Å². The number of piperidine rings is 1. The van der Waals surface area contributed by atoms with Gasteiger partial charge in [0.2, 0.25) is 0 Å². The molecule has 3 atom stereocenters. The first-order chi connectivity index (χ1) is 3.86. The summed E-state index contributed by atoms with van der Waals surface area (Å²) in [5, 5.41) is 0. The first-order valence-corrected chi connectivity index (χ1v) is 3.68. The zero-order valence-corrected chi connectivity index (χ0v) is 5.56. The van der Waals surface area contributed by atoms with Crippen LogP contribution in [0.2, 0.25) is 0 Å². The van der Waals surface area contributed by atoms with E-state index in [2.05, 4.69) is 4.90 Å². The Labute approximate surface area is 54.6 Å². The van der Waals surface area contributed by atoms with E-state index >= 15 is 0 Å². The monoisotopic (exact) mass is 131 g/mol. The van der Waals surface area contributed by atoms with Gasteiger partial charge in [-0.3, -0.25) is 4.90 Å². The van der Waals surface area contributed by atoms with E-state index in [0.29, 0.717) is 5.50 Å². The summed E-state index contributed by atoms with van der Waals surface area (Å²) >= 11 is 5.93. The molecule has 46 valence electrons. The molecule has 0 N–H and O–H groups in total. The molecular formula is C6H10ClN. The lowest BCUT2D eigenvalue weighted by Crippen LogP contribution is -2.23. The van der Waals surface area contributed by atoms with Crippen LogP contribution in [0.3, 0.4) is 0 Å². The van der Waals surface area contributed by atoms with Crippen molar-refractivity contribution in [3.05, 3.63) is 0 Å². The van der Waals surface area contributed by atoms with Gasteiger partial charge in [-0.1, -0.05) is 0 Å². The van der Waals surface area contributed by atoms with Gasteiger partial charge in [0.25, 0.3) is 0 Å². The Bertz CT molecular complexity index is 103. The maximum atomic E-state index is 5.93. The maximum Gasteiger partial charge on any atom is 0.0853 e. The minimum Gasteiger partial charge on any atom is -0.287 e. The second-order valence-corrected chi connectivity index (χ2v) is 3.32. The second-order valence-electron chi connectivity index (χ2n) is 2.82. The number of fused-ring (bicyclic) bond motifs is 2. The summed E-state index contributed by atoms with van der Waals surface area (Å²) in [5.41, 5.74) is 0.383. The fourth-order valence-electron chi connectivity index (χ4n) is 1.73. The van der Waals surface area contributed by atoms with Crippen LogP contribution in [0, 0.1) is 5.92 Å². The average Bonchev–Trinajstić information content (AvgIpc) is 2.23. The molecule has 0 aromatic heterocycles. The van der Waals surface area contributed by atoms with Crippen molar-refractivity contribution in [1.29, 1.82) is 0 Å². The number of nitrogens with zero attached hydrogens (tertiary/aromatic N) is 1. The smallest absolute Gasteiger partial charge is 0.0853 e. The Balaban J connectivity index is 2.11. The van der Waals surface area contributed by atoms with E-state index in [1.807, 2.05) is 0 Å². The maximum absolute atomic E-state index is 5.93. The topological polar surface area (TPSA) is 3.24 Å². The highest BCUT2D eigenvalue weighted by molar-refractivity contribution is 6.20. The summed E-state index contributed by atoms with van der Waals surface area (Å²) in [6.07, 6.45) is 2.63. The minimum atomic E-state index is 0.383. The van der Waals surface area contributed by atoms with Crippen LogP contribution in [0.1, 0.15) is 12.8 Å². The summed E-state index contributed by atoms with van der Waals surface area (Å²) in [6, 6.07) is 0. The van der Waals surface area contributed by atoms with Crippen molar-refractivity contribution < 1.29 is 0 Å². The second kappa shape index (κ2) is 1.61. The molecule has 0 aromatic carbocycles. The van der Waals surface area contributed by atoms with Crippen LogP contribution in [0.4, 0.5) is 0 Å². The fourth-order valence-corrected chi connectivity index (χ4v) is 2.16. The lowest BCUT2D eigenvalue weighted by atomic mass is 10.1. The molecule has 0 aromatic rings. The molecule has 2 fully saturated rings. The summed E-state index contributed by atoms with van der Waals surface area (Å²) in [7, 11) is 0. The number of halogens is 1. The van der Waals surface area contributed by atoms with Crippen LogP contribution < -0.4 is 0 Å². The lowest BCUT2D eigenvalue weighted by Gasteiger charge is -2.17. The third-order valence-electron chi connectivity index (χ3n) is 2.24. The van der Waals surface area contributed by atoms with Crippen LogP contribution in [0.5, 0.6) is 0 Å². The van der Waals surface area contributed by atoms with Crippen molar-refractivity contribution >= 4 is 11.6 Å². The van der Waals surface area contributed by atoms with Gasteiger partial charge >= 0.3 is 0 Å².